The number of rotatable bonds is 5. The lowest BCUT2D eigenvalue weighted by Gasteiger charge is -2.10. The van der Waals surface area contributed by atoms with E-state index in [1.54, 1.807) is 14.0 Å². The number of nitrogens with two attached hydrogens (primary N) is 1. The first kappa shape index (κ1) is 14.5. The molecule has 19 heavy (non-hydrogen) atoms. The van der Waals surface area contributed by atoms with Crippen LogP contribution in [0.2, 0.25) is 0 Å². The van der Waals surface area contributed by atoms with Crippen LogP contribution in [-0.2, 0) is 14.6 Å². The Labute approximate surface area is 114 Å². The predicted octanol–water partition coefficient (Wildman–Crippen LogP) is 1.24. The Balaban J connectivity index is 2.36. The average Bonchev–Trinajstić information content (AvgIpc) is 2.97. The van der Waals surface area contributed by atoms with Crippen molar-refractivity contribution in [2.45, 2.75) is 30.6 Å². The van der Waals surface area contributed by atoms with Crippen LogP contribution in [0.4, 0.5) is 0 Å². The normalized spacial score (nSPS) is 30.3. The molecule has 5 heteroatoms. The molecule has 0 saturated heterocycles. The van der Waals surface area contributed by atoms with E-state index in [9.17, 15) is 8.42 Å². The molecule has 0 spiro atoms. The minimum Gasteiger partial charge on any atom is -0.383 e. The Kier molecular flexibility index (Phi) is 3.73. The summed E-state index contributed by atoms with van der Waals surface area (Å²) in [5, 5.41) is -0.535. The van der Waals surface area contributed by atoms with Crippen LogP contribution >= 0.6 is 0 Å². The Hall–Kier alpha value is -0.910. The lowest BCUT2D eigenvalue weighted by molar-refractivity contribution is 0.171. The molecule has 0 amide bonds. The van der Waals surface area contributed by atoms with Gasteiger partial charge in [0.2, 0.25) is 0 Å². The molecule has 0 aliphatic heterocycles. The first-order valence-corrected chi connectivity index (χ1v) is 8.14. The van der Waals surface area contributed by atoms with Crippen LogP contribution in [0.15, 0.2) is 24.3 Å². The maximum Gasteiger partial charge on any atom is 0.155 e. The molecule has 0 aromatic heterocycles. The SMILES string of the molecule is CCS(=O)(=O)[C@@H]1[C@@H](c2ccc(C)cc2)[C@]1(N)COC. The Morgan fingerprint density at radius 2 is 1.89 bits per heavy atom. The van der Waals surface area contributed by atoms with Crippen LogP contribution < -0.4 is 5.73 Å². The van der Waals surface area contributed by atoms with Gasteiger partial charge in [0.1, 0.15) is 0 Å². The van der Waals surface area contributed by atoms with Gasteiger partial charge >= 0.3 is 0 Å². The molecular formula is C14H21NO3S. The third-order valence-electron chi connectivity index (χ3n) is 3.92. The van der Waals surface area contributed by atoms with E-state index in [-0.39, 0.29) is 18.3 Å². The summed E-state index contributed by atoms with van der Waals surface area (Å²) in [5.74, 6) is -0.0547. The average molecular weight is 283 g/mol. The minimum absolute atomic E-state index is 0.114. The zero-order valence-corrected chi connectivity index (χ0v) is 12.4. The van der Waals surface area contributed by atoms with Crippen LogP contribution in [0, 0.1) is 6.92 Å². The van der Waals surface area contributed by atoms with Crippen molar-refractivity contribution in [1.82, 2.24) is 0 Å². The van der Waals surface area contributed by atoms with Crippen molar-refractivity contribution >= 4 is 9.84 Å². The van der Waals surface area contributed by atoms with Gasteiger partial charge in [0.15, 0.2) is 9.84 Å². The van der Waals surface area contributed by atoms with Crippen LogP contribution in [0.3, 0.4) is 0 Å². The fourth-order valence-electron chi connectivity index (χ4n) is 2.82. The molecule has 2 rings (SSSR count). The zero-order chi connectivity index (χ0) is 14.3. The second-order valence-electron chi connectivity index (χ2n) is 5.31. The lowest BCUT2D eigenvalue weighted by atomic mass is 10.1. The molecule has 1 aromatic rings. The second kappa shape index (κ2) is 4.89. The molecule has 2 N–H and O–H groups in total. The number of hydrogen-bond acceptors (Lipinski definition) is 4. The number of sulfone groups is 1. The smallest absolute Gasteiger partial charge is 0.155 e. The van der Waals surface area contributed by atoms with Gasteiger partial charge in [-0.25, -0.2) is 8.42 Å². The highest BCUT2D eigenvalue weighted by Crippen LogP contribution is 2.54. The van der Waals surface area contributed by atoms with Gasteiger partial charge in [-0.3, -0.25) is 0 Å². The molecular weight excluding hydrogens is 262 g/mol. The van der Waals surface area contributed by atoms with Gasteiger partial charge < -0.3 is 10.5 Å². The largest absolute Gasteiger partial charge is 0.383 e. The van der Waals surface area contributed by atoms with E-state index in [4.69, 9.17) is 10.5 Å². The van der Waals surface area contributed by atoms with Crippen molar-refractivity contribution in [2.24, 2.45) is 5.73 Å². The van der Waals surface area contributed by atoms with Gasteiger partial charge in [-0.2, -0.15) is 0 Å². The molecule has 1 aliphatic carbocycles. The van der Waals surface area contributed by atoms with Crippen LogP contribution in [0.1, 0.15) is 24.0 Å². The highest BCUT2D eigenvalue weighted by Gasteiger charge is 2.68. The monoisotopic (exact) mass is 283 g/mol. The topological polar surface area (TPSA) is 69.4 Å². The predicted molar refractivity (Wildman–Crippen MR) is 76.0 cm³/mol. The van der Waals surface area contributed by atoms with E-state index in [0.717, 1.165) is 11.1 Å². The Morgan fingerprint density at radius 1 is 1.32 bits per heavy atom. The van der Waals surface area contributed by atoms with Crippen molar-refractivity contribution in [3.05, 3.63) is 35.4 Å². The summed E-state index contributed by atoms with van der Waals surface area (Å²) >= 11 is 0. The van der Waals surface area contributed by atoms with Crippen molar-refractivity contribution in [2.75, 3.05) is 19.5 Å². The van der Waals surface area contributed by atoms with E-state index in [1.807, 2.05) is 31.2 Å². The van der Waals surface area contributed by atoms with Crippen molar-refractivity contribution in [3.8, 4) is 0 Å². The van der Waals surface area contributed by atoms with E-state index >= 15 is 0 Å². The molecule has 1 saturated carbocycles. The number of benzene rings is 1. The highest BCUT2D eigenvalue weighted by molar-refractivity contribution is 7.92. The molecule has 0 radical (unpaired) electrons. The van der Waals surface area contributed by atoms with Crippen LogP contribution in [-0.4, -0.2) is 38.7 Å². The molecule has 1 aromatic carbocycles. The van der Waals surface area contributed by atoms with Crippen molar-refractivity contribution in [3.63, 3.8) is 0 Å². The third-order valence-corrected chi connectivity index (χ3v) is 6.21. The highest BCUT2D eigenvalue weighted by atomic mass is 32.2. The summed E-state index contributed by atoms with van der Waals surface area (Å²) < 4.78 is 29.5. The van der Waals surface area contributed by atoms with Gasteiger partial charge in [-0.1, -0.05) is 36.8 Å². The van der Waals surface area contributed by atoms with Gasteiger partial charge in [0, 0.05) is 18.8 Å². The maximum atomic E-state index is 12.2. The molecule has 3 atom stereocenters. The summed E-state index contributed by atoms with van der Waals surface area (Å²) in [6.45, 7) is 3.92. The summed E-state index contributed by atoms with van der Waals surface area (Å²) in [6.07, 6.45) is 0. The summed E-state index contributed by atoms with van der Waals surface area (Å²) in [5.41, 5.74) is 7.61. The summed E-state index contributed by atoms with van der Waals surface area (Å²) in [7, 11) is -1.62. The van der Waals surface area contributed by atoms with Gasteiger partial charge in [-0.05, 0) is 12.5 Å². The molecule has 0 heterocycles. The molecule has 0 unspecified atom stereocenters. The van der Waals surface area contributed by atoms with Gasteiger partial charge in [0.05, 0.1) is 17.4 Å². The molecule has 4 nitrogen and oxygen atoms in total. The number of aryl methyl sites for hydroxylation is 1. The quantitative estimate of drug-likeness (QED) is 0.882. The number of hydrogen-bond donors (Lipinski definition) is 1. The lowest BCUT2D eigenvalue weighted by Crippen LogP contribution is -2.36. The third kappa shape index (κ3) is 2.42. The molecule has 106 valence electrons. The Morgan fingerprint density at radius 3 is 2.37 bits per heavy atom. The van der Waals surface area contributed by atoms with E-state index in [0.29, 0.717) is 0 Å². The van der Waals surface area contributed by atoms with Gasteiger partial charge in [-0.15, -0.1) is 0 Å². The van der Waals surface area contributed by atoms with E-state index in [2.05, 4.69) is 0 Å². The van der Waals surface area contributed by atoms with E-state index < -0.39 is 20.6 Å². The van der Waals surface area contributed by atoms with Crippen LogP contribution in [0.25, 0.3) is 0 Å². The minimum atomic E-state index is -3.17. The summed E-state index contributed by atoms with van der Waals surface area (Å²) in [6, 6.07) is 7.89. The summed E-state index contributed by atoms with van der Waals surface area (Å²) in [4.78, 5) is 0. The van der Waals surface area contributed by atoms with Crippen molar-refractivity contribution in [1.29, 1.82) is 0 Å². The fourth-order valence-corrected chi connectivity index (χ4v) is 4.81. The zero-order valence-electron chi connectivity index (χ0n) is 11.6. The van der Waals surface area contributed by atoms with Gasteiger partial charge in [0.25, 0.3) is 0 Å². The fraction of sp³-hybridized carbons (Fsp3) is 0.571. The molecule has 1 aliphatic rings. The Bertz CT molecular complexity index is 553. The van der Waals surface area contributed by atoms with E-state index in [1.165, 1.54) is 0 Å². The van der Waals surface area contributed by atoms with Crippen LogP contribution in [0.5, 0.6) is 0 Å². The number of methoxy groups -OCH3 is 1. The second-order valence-corrected chi connectivity index (χ2v) is 7.72. The van der Waals surface area contributed by atoms with Crippen molar-refractivity contribution < 1.29 is 13.2 Å². The maximum absolute atomic E-state index is 12.2. The molecule has 1 fully saturated rings. The standard InChI is InChI=1S/C14H21NO3S/c1-4-19(16,17)13-12(14(13,15)9-18-3)11-7-5-10(2)6-8-11/h5-8,12-13H,4,9,15H2,1-3H3/t12-,13-,14-/m1/s1. The first-order chi connectivity index (χ1) is 8.86. The first-order valence-electron chi connectivity index (χ1n) is 6.42. The molecule has 0 bridgehead atoms. The number of ether oxygens (including phenoxy) is 1.